The second-order valence-electron chi connectivity index (χ2n) is 4.44. The van der Waals surface area contributed by atoms with Crippen LogP contribution in [0.1, 0.15) is 29.4 Å². The third-order valence-corrected chi connectivity index (χ3v) is 2.89. The largest absolute Gasteiger partial charge is 0.495 e. The molecule has 0 radical (unpaired) electrons. The van der Waals surface area contributed by atoms with Gasteiger partial charge in [0.1, 0.15) is 5.75 Å². The Bertz CT molecular complexity index is 607. The molecule has 106 valence electrons. The number of nitrogens with one attached hydrogen (secondary N) is 2. The van der Waals surface area contributed by atoms with E-state index < -0.39 is 0 Å². The zero-order valence-corrected chi connectivity index (χ0v) is 11.6. The Hall–Kier alpha value is -2.50. The molecule has 0 fully saturated rings. The molecule has 6 nitrogen and oxygen atoms in total. The highest BCUT2D eigenvalue weighted by Crippen LogP contribution is 2.22. The summed E-state index contributed by atoms with van der Waals surface area (Å²) in [6.45, 7) is 2.08. The summed E-state index contributed by atoms with van der Waals surface area (Å²) >= 11 is 0. The van der Waals surface area contributed by atoms with Crippen LogP contribution in [0.25, 0.3) is 0 Å². The van der Waals surface area contributed by atoms with Gasteiger partial charge in [-0.05, 0) is 24.6 Å². The number of aromatic nitrogens is 2. The quantitative estimate of drug-likeness (QED) is 0.729. The zero-order valence-electron chi connectivity index (χ0n) is 11.6. The monoisotopic (exact) mass is 274 g/mol. The number of aromatic amines is 1. The number of anilines is 2. The molecule has 4 N–H and O–H groups in total. The minimum Gasteiger partial charge on any atom is -0.495 e. The lowest BCUT2D eigenvalue weighted by molar-refractivity contribution is 0.102. The maximum atomic E-state index is 12.1. The Kier molecular flexibility index (Phi) is 4.24. The number of ether oxygens (including phenoxy) is 1. The van der Waals surface area contributed by atoms with Crippen molar-refractivity contribution in [2.45, 2.75) is 19.8 Å². The van der Waals surface area contributed by atoms with Crippen LogP contribution < -0.4 is 15.8 Å². The van der Waals surface area contributed by atoms with E-state index in [4.69, 9.17) is 10.5 Å². The van der Waals surface area contributed by atoms with Crippen LogP contribution in [0.3, 0.4) is 0 Å². The second kappa shape index (κ2) is 6.10. The number of H-pyrrole nitrogens is 1. The van der Waals surface area contributed by atoms with Crippen LogP contribution in [0.15, 0.2) is 24.3 Å². The smallest absolute Gasteiger partial charge is 0.257 e. The summed E-state index contributed by atoms with van der Waals surface area (Å²) in [6.07, 6.45) is 1.92. The molecule has 1 aromatic carbocycles. The summed E-state index contributed by atoms with van der Waals surface area (Å²) in [6, 6.07) is 6.72. The molecule has 0 unspecified atom stereocenters. The molecule has 0 saturated carbocycles. The maximum absolute atomic E-state index is 12.1. The molecule has 0 aliphatic heterocycles. The minimum absolute atomic E-state index is 0.252. The molecule has 1 heterocycles. The van der Waals surface area contributed by atoms with E-state index in [0.717, 1.165) is 18.5 Å². The summed E-state index contributed by atoms with van der Waals surface area (Å²) in [7, 11) is 1.51. The van der Waals surface area contributed by atoms with Crippen molar-refractivity contribution in [1.29, 1.82) is 0 Å². The van der Waals surface area contributed by atoms with E-state index >= 15 is 0 Å². The van der Waals surface area contributed by atoms with Crippen LogP contribution in [0.4, 0.5) is 11.5 Å². The predicted molar refractivity (Wildman–Crippen MR) is 77.9 cm³/mol. The fourth-order valence-corrected chi connectivity index (χ4v) is 1.86. The van der Waals surface area contributed by atoms with Gasteiger partial charge in [0, 0.05) is 17.3 Å². The standard InChI is InChI=1S/C14H18N4O2/c1-3-4-10-8-13(18-17-10)16-14(19)9-5-6-11(15)12(7-9)20-2/h5-8H,3-4,15H2,1-2H3,(H2,16,17,18,19). The number of hydrogen-bond acceptors (Lipinski definition) is 4. The lowest BCUT2D eigenvalue weighted by Gasteiger charge is -2.07. The molecule has 0 spiro atoms. The SMILES string of the molecule is CCCc1cc(NC(=O)c2ccc(N)c(OC)c2)n[nH]1. The summed E-state index contributed by atoms with van der Waals surface area (Å²) in [4.78, 5) is 12.1. The Labute approximate surface area is 117 Å². The lowest BCUT2D eigenvalue weighted by Crippen LogP contribution is -2.12. The molecule has 1 amide bonds. The van der Waals surface area contributed by atoms with Crippen molar-refractivity contribution >= 4 is 17.4 Å². The van der Waals surface area contributed by atoms with Crippen LogP contribution in [0.2, 0.25) is 0 Å². The van der Waals surface area contributed by atoms with Crippen molar-refractivity contribution in [2.75, 3.05) is 18.2 Å². The van der Waals surface area contributed by atoms with E-state index in [1.165, 1.54) is 7.11 Å². The summed E-state index contributed by atoms with van der Waals surface area (Å²) in [5, 5.41) is 9.66. The zero-order chi connectivity index (χ0) is 14.5. The van der Waals surface area contributed by atoms with Gasteiger partial charge in [-0.3, -0.25) is 9.89 Å². The molecule has 0 saturated heterocycles. The van der Waals surface area contributed by atoms with Crippen LogP contribution in [0, 0.1) is 0 Å². The Morgan fingerprint density at radius 2 is 2.25 bits per heavy atom. The normalized spacial score (nSPS) is 10.3. The van der Waals surface area contributed by atoms with E-state index in [-0.39, 0.29) is 5.91 Å². The first kappa shape index (κ1) is 13.9. The maximum Gasteiger partial charge on any atom is 0.257 e. The molecule has 0 aliphatic rings. The molecule has 0 bridgehead atoms. The number of nitrogen functional groups attached to an aromatic ring is 1. The van der Waals surface area contributed by atoms with E-state index in [1.807, 2.05) is 6.07 Å². The topological polar surface area (TPSA) is 93.0 Å². The molecular weight excluding hydrogens is 256 g/mol. The number of amides is 1. The number of benzene rings is 1. The van der Waals surface area contributed by atoms with Crippen molar-refractivity contribution in [2.24, 2.45) is 0 Å². The Morgan fingerprint density at radius 1 is 1.45 bits per heavy atom. The molecule has 0 aliphatic carbocycles. The van der Waals surface area contributed by atoms with Crippen molar-refractivity contribution in [3.8, 4) is 5.75 Å². The third kappa shape index (κ3) is 3.09. The van der Waals surface area contributed by atoms with Gasteiger partial charge in [0.2, 0.25) is 0 Å². The van der Waals surface area contributed by atoms with Gasteiger partial charge in [-0.1, -0.05) is 13.3 Å². The summed E-state index contributed by atoms with van der Waals surface area (Å²) in [5.74, 6) is 0.735. The third-order valence-electron chi connectivity index (χ3n) is 2.89. The van der Waals surface area contributed by atoms with Crippen molar-refractivity contribution in [3.63, 3.8) is 0 Å². The number of methoxy groups -OCH3 is 1. The van der Waals surface area contributed by atoms with Gasteiger partial charge >= 0.3 is 0 Å². The number of aryl methyl sites for hydroxylation is 1. The number of carbonyl (C=O) groups is 1. The van der Waals surface area contributed by atoms with Crippen molar-refractivity contribution < 1.29 is 9.53 Å². The van der Waals surface area contributed by atoms with E-state index in [2.05, 4.69) is 22.4 Å². The molecular formula is C14H18N4O2. The minimum atomic E-state index is -0.252. The molecule has 0 atom stereocenters. The van der Waals surface area contributed by atoms with Gasteiger partial charge in [-0.25, -0.2) is 0 Å². The lowest BCUT2D eigenvalue weighted by atomic mass is 10.2. The van der Waals surface area contributed by atoms with Crippen molar-refractivity contribution in [1.82, 2.24) is 10.2 Å². The average molecular weight is 274 g/mol. The molecule has 20 heavy (non-hydrogen) atoms. The van der Waals surface area contributed by atoms with Gasteiger partial charge in [0.15, 0.2) is 5.82 Å². The number of rotatable bonds is 5. The number of hydrogen-bond donors (Lipinski definition) is 3. The summed E-state index contributed by atoms with van der Waals surface area (Å²) < 4.78 is 5.10. The average Bonchev–Trinajstić information content (AvgIpc) is 2.87. The van der Waals surface area contributed by atoms with Crippen LogP contribution in [0.5, 0.6) is 5.75 Å². The highest BCUT2D eigenvalue weighted by Gasteiger charge is 2.11. The van der Waals surface area contributed by atoms with E-state index in [1.54, 1.807) is 18.2 Å². The predicted octanol–water partition coefficient (Wildman–Crippen LogP) is 2.21. The number of nitrogens with two attached hydrogens (primary N) is 1. The molecule has 2 rings (SSSR count). The van der Waals surface area contributed by atoms with Gasteiger partial charge < -0.3 is 15.8 Å². The molecule has 2 aromatic rings. The Balaban J connectivity index is 2.11. The fraction of sp³-hybridized carbons (Fsp3) is 0.286. The van der Waals surface area contributed by atoms with Gasteiger partial charge in [-0.15, -0.1) is 0 Å². The van der Waals surface area contributed by atoms with Crippen molar-refractivity contribution in [3.05, 3.63) is 35.5 Å². The molecule has 6 heteroatoms. The first-order valence-electron chi connectivity index (χ1n) is 6.43. The van der Waals surface area contributed by atoms with Gasteiger partial charge in [0.05, 0.1) is 12.8 Å². The number of nitrogens with zero attached hydrogens (tertiary/aromatic N) is 1. The first-order valence-corrected chi connectivity index (χ1v) is 6.43. The molecule has 1 aromatic heterocycles. The highest BCUT2D eigenvalue weighted by molar-refractivity contribution is 6.04. The highest BCUT2D eigenvalue weighted by atomic mass is 16.5. The van der Waals surface area contributed by atoms with Crippen LogP contribution >= 0.6 is 0 Å². The fourth-order valence-electron chi connectivity index (χ4n) is 1.86. The first-order chi connectivity index (χ1) is 9.63. The Morgan fingerprint density at radius 3 is 2.95 bits per heavy atom. The second-order valence-corrected chi connectivity index (χ2v) is 4.44. The van der Waals surface area contributed by atoms with E-state index in [9.17, 15) is 4.79 Å². The number of carbonyl (C=O) groups excluding carboxylic acids is 1. The van der Waals surface area contributed by atoms with Crippen LogP contribution in [-0.2, 0) is 6.42 Å². The summed E-state index contributed by atoms with van der Waals surface area (Å²) in [5.41, 5.74) is 7.68. The van der Waals surface area contributed by atoms with Gasteiger partial charge in [0.25, 0.3) is 5.91 Å². The van der Waals surface area contributed by atoms with Crippen LogP contribution in [-0.4, -0.2) is 23.2 Å². The van der Waals surface area contributed by atoms with E-state index in [0.29, 0.717) is 22.8 Å². The van der Waals surface area contributed by atoms with Gasteiger partial charge in [-0.2, -0.15) is 5.10 Å².